The van der Waals surface area contributed by atoms with E-state index in [-0.39, 0.29) is 5.56 Å². The van der Waals surface area contributed by atoms with E-state index in [0.717, 1.165) is 18.2 Å². The van der Waals surface area contributed by atoms with Gasteiger partial charge in [0, 0.05) is 5.56 Å². The zero-order chi connectivity index (χ0) is 14.4. The van der Waals surface area contributed by atoms with Gasteiger partial charge in [0.05, 0.1) is 5.66 Å². The van der Waals surface area contributed by atoms with Crippen LogP contribution in [0.3, 0.4) is 0 Å². The highest BCUT2D eigenvalue weighted by molar-refractivity contribution is 7.89. The van der Waals surface area contributed by atoms with Crippen molar-refractivity contribution in [2.24, 2.45) is 11.5 Å². The van der Waals surface area contributed by atoms with Crippen molar-refractivity contribution in [2.75, 3.05) is 0 Å². The van der Waals surface area contributed by atoms with Gasteiger partial charge < -0.3 is 11.5 Å². The Bertz CT molecular complexity index is 672. The fraction of sp³-hybridized carbons (Fsp3) is 0.250. The SMILES string of the molecule is CC(N)(N)c1cccc(S(=O)(=O)O)c1S(=O)(=O)O. The number of benzene rings is 1. The summed E-state index contributed by atoms with van der Waals surface area (Å²) >= 11 is 0. The van der Waals surface area contributed by atoms with Crippen molar-refractivity contribution in [1.29, 1.82) is 0 Å². The molecular weight excluding hydrogens is 284 g/mol. The zero-order valence-corrected chi connectivity index (χ0v) is 10.9. The van der Waals surface area contributed by atoms with E-state index in [2.05, 4.69) is 0 Å². The predicted molar refractivity (Wildman–Crippen MR) is 61.8 cm³/mol. The van der Waals surface area contributed by atoms with E-state index < -0.39 is 35.7 Å². The summed E-state index contributed by atoms with van der Waals surface area (Å²) in [7, 11) is -9.78. The minimum atomic E-state index is -4.93. The van der Waals surface area contributed by atoms with Crippen molar-refractivity contribution in [3.8, 4) is 0 Å². The second-order valence-electron chi connectivity index (χ2n) is 3.87. The number of rotatable bonds is 3. The summed E-state index contributed by atoms with van der Waals surface area (Å²) in [6.45, 7) is 1.21. The third-order valence-corrected chi connectivity index (χ3v) is 4.08. The molecule has 8 nitrogen and oxygen atoms in total. The third kappa shape index (κ3) is 3.04. The highest BCUT2D eigenvalue weighted by Crippen LogP contribution is 2.28. The molecule has 0 bridgehead atoms. The fourth-order valence-electron chi connectivity index (χ4n) is 1.41. The van der Waals surface area contributed by atoms with Crippen LogP contribution in [0.5, 0.6) is 0 Å². The lowest BCUT2D eigenvalue weighted by atomic mass is 10.0. The lowest BCUT2D eigenvalue weighted by Gasteiger charge is -2.22. The first-order valence-electron chi connectivity index (χ1n) is 4.51. The van der Waals surface area contributed by atoms with Crippen LogP contribution in [0.25, 0.3) is 0 Å². The van der Waals surface area contributed by atoms with Gasteiger partial charge in [-0.15, -0.1) is 0 Å². The monoisotopic (exact) mass is 296 g/mol. The Morgan fingerprint density at radius 1 is 1.06 bits per heavy atom. The Morgan fingerprint density at radius 2 is 1.56 bits per heavy atom. The van der Waals surface area contributed by atoms with Crippen LogP contribution in [0.15, 0.2) is 28.0 Å². The van der Waals surface area contributed by atoms with Crippen molar-refractivity contribution in [3.63, 3.8) is 0 Å². The summed E-state index contributed by atoms with van der Waals surface area (Å²) in [4.78, 5) is -2.01. The van der Waals surface area contributed by atoms with Crippen LogP contribution in [0, 0.1) is 0 Å². The van der Waals surface area contributed by atoms with Crippen molar-refractivity contribution in [3.05, 3.63) is 23.8 Å². The minimum Gasteiger partial charge on any atom is -0.310 e. The fourth-order valence-corrected chi connectivity index (χ4v) is 3.52. The molecule has 18 heavy (non-hydrogen) atoms. The molecule has 0 spiro atoms. The first-order chi connectivity index (χ1) is 7.85. The van der Waals surface area contributed by atoms with Gasteiger partial charge >= 0.3 is 0 Å². The molecule has 0 saturated heterocycles. The highest BCUT2D eigenvalue weighted by Gasteiger charge is 2.32. The molecule has 0 aliphatic heterocycles. The highest BCUT2D eigenvalue weighted by atomic mass is 32.2. The average Bonchev–Trinajstić information content (AvgIpc) is 2.12. The molecule has 0 heterocycles. The maximum absolute atomic E-state index is 11.2. The second kappa shape index (κ2) is 4.26. The van der Waals surface area contributed by atoms with Crippen LogP contribution in [0.2, 0.25) is 0 Å². The summed E-state index contributed by atoms with van der Waals surface area (Å²) in [6.07, 6.45) is 0. The largest absolute Gasteiger partial charge is 0.310 e. The van der Waals surface area contributed by atoms with E-state index in [0.29, 0.717) is 0 Å². The molecule has 0 saturated carbocycles. The van der Waals surface area contributed by atoms with Crippen LogP contribution in [-0.2, 0) is 25.9 Å². The van der Waals surface area contributed by atoms with Crippen molar-refractivity contribution >= 4 is 20.2 Å². The lowest BCUT2D eigenvalue weighted by Crippen LogP contribution is -2.44. The normalized spacial score (nSPS) is 13.6. The Labute approximate surface area is 104 Å². The maximum atomic E-state index is 11.2. The Balaban J connectivity index is 3.91. The minimum absolute atomic E-state index is 0.333. The summed E-state index contributed by atoms with van der Waals surface area (Å²) in [5.74, 6) is 0. The maximum Gasteiger partial charge on any atom is 0.296 e. The molecule has 1 aromatic carbocycles. The van der Waals surface area contributed by atoms with Gasteiger partial charge in [0.15, 0.2) is 0 Å². The Morgan fingerprint density at radius 3 is 1.89 bits per heavy atom. The van der Waals surface area contributed by atoms with Gasteiger partial charge in [-0.3, -0.25) is 9.11 Å². The molecule has 0 atom stereocenters. The molecule has 1 aromatic rings. The average molecular weight is 296 g/mol. The molecule has 0 aliphatic rings. The predicted octanol–water partition coefficient (Wildman–Crippen LogP) is -0.730. The van der Waals surface area contributed by atoms with Gasteiger partial charge in [-0.2, -0.15) is 16.8 Å². The van der Waals surface area contributed by atoms with Gasteiger partial charge in [-0.05, 0) is 13.0 Å². The summed E-state index contributed by atoms with van der Waals surface area (Å²) in [5.41, 5.74) is 8.93. The molecule has 0 radical (unpaired) electrons. The zero-order valence-electron chi connectivity index (χ0n) is 9.23. The van der Waals surface area contributed by atoms with E-state index in [4.69, 9.17) is 20.6 Å². The summed E-state index contributed by atoms with van der Waals surface area (Å²) in [6, 6.07) is 3.09. The first-order valence-corrected chi connectivity index (χ1v) is 7.39. The van der Waals surface area contributed by atoms with Crippen molar-refractivity contribution in [2.45, 2.75) is 22.4 Å². The van der Waals surface area contributed by atoms with Gasteiger partial charge in [0.1, 0.15) is 9.79 Å². The Kier molecular flexibility index (Phi) is 3.55. The second-order valence-corrected chi connectivity index (χ2v) is 6.61. The molecular formula is C8H12N2O6S2. The molecule has 0 amide bonds. The molecule has 1 rings (SSSR count). The number of nitrogens with two attached hydrogens (primary N) is 2. The van der Waals surface area contributed by atoms with Crippen molar-refractivity contribution in [1.82, 2.24) is 0 Å². The standard InChI is InChI=1S/C8H12N2O6S2/c1-8(9,10)5-3-2-4-6(17(11,12)13)7(5)18(14,15)16/h2-4H,9-10H2,1H3,(H,11,12,13)(H,14,15,16). The van der Waals surface area contributed by atoms with Gasteiger partial charge in [0.25, 0.3) is 20.2 Å². The van der Waals surface area contributed by atoms with Crippen molar-refractivity contribution < 1.29 is 25.9 Å². The van der Waals surface area contributed by atoms with E-state index in [1.807, 2.05) is 0 Å². The van der Waals surface area contributed by atoms with Crippen LogP contribution >= 0.6 is 0 Å². The van der Waals surface area contributed by atoms with Crippen LogP contribution in [-0.4, -0.2) is 25.9 Å². The van der Waals surface area contributed by atoms with Crippen LogP contribution < -0.4 is 11.5 Å². The van der Waals surface area contributed by atoms with E-state index in [1.165, 1.54) is 6.92 Å². The molecule has 0 aliphatic carbocycles. The molecule has 102 valence electrons. The molecule has 0 aromatic heterocycles. The van der Waals surface area contributed by atoms with Gasteiger partial charge in [-0.1, -0.05) is 12.1 Å². The summed E-state index contributed by atoms with van der Waals surface area (Å²) < 4.78 is 62.6. The van der Waals surface area contributed by atoms with Gasteiger partial charge in [0.2, 0.25) is 0 Å². The van der Waals surface area contributed by atoms with Gasteiger partial charge in [-0.25, -0.2) is 0 Å². The smallest absolute Gasteiger partial charge is 0.296 e. The lowest BCUT2D eigenvalue weighted by molar-refractivity contribution is 0.452. The quantitative estimate of drug-likeness (QED) is 0.419. The molecule has 6 N–H and O–H groups in total. The number of hydrogen-bond acceptors (Lipinski definition) is 6. The van der Waals surface area contributed by atoms with E-state index >= 15 is 0 Å². The molecule has 10 heteroatoms. The third-order valence-electron chi connectivity index (χ3n) is 2.10. The number of hydrogen-bond donors (Lipinski definition) is 4. The first kappa shape index (κ1) is 15.0. The van der Waals surface area contributed by atoms with E-state index in [9.17, 15) is 16.8 Å². The van der Waals surface area contributed by atoms with Crippen LogP contribution in [0.1, 0.15) is 12.5 Å². The Hall–Kier alpha value is -1.04. The molecule has 0 unspecified atom stereocenters. The topological polar surface area (TPSA) is 161 Å². The molecule has 0 fully saturated rings. The summed E-state index contributed by atoms with van der Waals surface area (Å²) in [5, 5.41) is 0. The van der Waals surface area contributed by atoms with E-state index in [1.54, 1.807) is 0 Å². The van der Waals surface area contributed by atoms with Crippen LogP contribution in [0.4, 0.5) is 0 Å².